The van der Waals surface area contributed by atoms with Crippen molar-refractivity contribution in [2.45, 2.75) is 88.9 Å². The van der Waals surface area contributed by atoms with E-state index in [1.807, 2.05) is 0 Å². The van der Waals surface area contributed by atoms with E-state index in [-0.39, 0.29) is 10.6 Å². The normalized spacial score (nSPS) is 11.5. The quantitative estimate of drug-likeness (QED) is 0.221. The second-order valence-electron chi connectivity index (χ2n) is 8.09. The second kappa shape index (κ2) is 13.4. The van der Waals surface area contributed by atoms with E-state index in [0.29, 0.717) is 23.5 Å². The molecule has 0 heterocycles. The fraction of sp³-hybridized carbons (Fsp3) is 0.520. The first-order chi connectivity index (χ1) is 14.9. The van der Waals surface area contributed by atoms with Crippen LogP contribution >= 0.6 is 0 Å². The van der Waals surface area contributed by atoms with Gasteiger partial charge >= 0.3 is 0 Å². The first-order valence-electron chi connectivity index (χ1n) is 11.5. The van der Waals surface area contributed by atoms with Crippen molar-refractivity contribution in [3.8, 4) is 17.2 Å². The second-order valence-corrected chi connectivity index (χ2v) is 9.48. The molecule has 2 N–H and O–H groups in total. The van der Waals surface area contributed by atoms with Crippen LogP contribution in [-0.4, -0.2) is 18.1 Å². The summed E-state index contributed by atoms with van der Waals surface area (Å²) in [6, 6.07) is 11.0. The molecule has 0 saturated carbocycles. The standard InChI is InChI=1S/C25H36O5S/c1-2-3-4-5-6-7-8-9-10-11-12-17-23-24(18-14-19-25(23)31(27,28)29)30-22-16-13-15-21(26)20-22/h13-16,18-20,26H,2-12,17H2,1H3,(H,27,28,29). The summed E-state index contributed by atoms with van der Waals surface area (Å²) in [5.41, 5.74) is 0.476. The summed E-state index contributed by atoms with van der Waals surface area (Å²) >= 11 is 0. The highest BCUT2D eigenvalue weighted by Gasteiger charge is 2.19. The Labute approximate surface area is 187 Å². The predicted molar refractivity (Wildman–Crippen MR) is 125 cm³/mol. The molecule has 2 aromatic carbocycles. The van der Waals surface area contributed by atoms with Crippen LogP contribution in [0.4, 0.5) is 0 Å². The van der Waals surface area contributed by atoms with Gasteiger partial charge in [-0.25, -0.2) is 0 Å². The van der Waals surface area contributed by atoms with Gasteiger partial charge in [0.1, 0.15) is 22.1 Å². The lowest BCUT2D eigenvalue weighted by Gasteiger charge is -2.14. The van der Waals surface area contributed by atoms with Gasteiger partial charge in [0.15, 0.2) is 0 Å². The molecule has 0 spiro atoms. The molecule has 2 rings (SSSR count). The predicted octanol–water partition coefficient (Wildman–Crippen LogP) is 7.28. The largest absolute Gasteiger partial charge is 0.508 e. The van der Waals surface area contributed by atoms with E-state index in [2.05, 4.69) is 6.92 Å². The van der Waals surface area contributed by atoms with Crippen LogP contribution in [-0.2, 0) is 16.5 Å². The van der Waals surface area contributed by atoms with E-state index in [1.54, 1.807) is 24.3 Å². The van der Waals surface area contributed by atoms with Gasteiger partial charge in [-0.3, -0.25) is 4.55 Å². The van der Waals surface area contributed by atoms with Crippen LogP contribution in [0.2, 0.25) is 0 Å². The maximum Gasteiger partial charge on any atom is 0.294 e. The molecule has 0 aromatic heterocycles. The fourth-order valence-electron chi connectivity index (χ4n) is 3.77. The number of phenolic OH excluding ortho intramolecular Hbond substituents is 1. The van der Waals surface area contributed by atoms with Crippen molar-refractivity contribution in [2.75, 3.05) is 0 Å². The van der Waals surface area contributed by atoms with Crippen LogP contribution < -0.4 is 4.74 Å². The molecule has 0 fully saturated rings. The highest BCUT2D eigenvalue weighted by atomic mass is 32.2. The Hall–Kier alpha value is -2.05. The molecule has 0 saturated heterocycles. The molecule has 6 heteroatoms. The van der Waals surface area contributed by atoms with E-state index in [9.17, 15) is 18.1 Å². The lowest BCUT2D eigenvalue weighted by Crippen LogP contribution is -2.05. The summed E-state index contributed by atoms with van der Waals surface area (Å²) in [5.74, 6) is 0.857. The van der Waals surface area contributed by atoms with E-state index in [4.69, 9.17) is 4.74 Å². The molecule has 5 nitrogen and oxygen atoms in total. The van der Waals surface area contributed by atoms with Gasteiger partial charge in [0.05, 0.1) is 0 Å². The maximum atomic E-state index is 11.9. The van der Waals surface area contributed by atoms with Gasteiger partial charge in [-0.1, -0.05) is 83.3 Å². The van der Waals surface area contributed by atoms with Crippen molar-refractivity contribution in [3.63, 3.8) is 0 Å². The monoisotopic (exact) mass is 448 g/mol. The minimum Gasteiger partial charge on any atom is -0.508 e. The van der Waals surface area contributed by atoms with Crippen molar-refractivity contribution in [2.24, 2.45) is 0 Å². The van der Waals surface area contributed by atoms with E-state index >= 15 is 0 Å². The lowest BCUT2D eigenvalue weighted by molar-refractivity contribution is 0.447. The minimum atomic E-state index is -4.35. The van der Waals surface area contributed by atoms with Gasteiger partial charge < -0.3 is 9.84 Å². The number of benzene rings is 2. The summed E-state index contributed by atoms with van der Waals surface area (Å²) < 4.78 is 39.2. The molecule has 2 aromatic rings. The third-order valence-electron chi connectivity index (χ3n) is 5.44. The third-order valence-corrected chi connectivity index (χ3v) is 6.38. The zero-order chi connectivity index (χ0) is 22.5. The summed E-state index contributed by atoms with van der Waals surface area (Å²) in [5, 5.41) is 9.64. The maximum absolute atomic E-state index is 11.9. The van der Waals surface area contributed by atoms with E-state index in [0.717, 1.165) is 19.3 Å². The highest BCUT2D eigenvalue weighted by Crippen LogP contribution is 2.32. The Kier molecular flexibility index (Phi) is 10.9. The Morgan fingerprint density at radius 3 is 1.97 bits per heavy atom. The molecule has 0 aliphatic rings. The Bertz CT molecular complexity index is 893. The van der Waals surface area contributed by atoms with Crippen molar-refractivity contribution < 1.29 is 22.8 Å². The first kappa shape index (κ1) is 25.2. The summed E-state index contributed by atoms with van der Waals surface area (Å²) in [4.78, 5) is -0.114. The number of phenols is 1. The topological polar surface area (TPSA) is 83.8 Å². The number of rotatable bonds is 15. The molecule has 0 amide bonds. The molecule has 0 atom stereocenters. The van der Waals surface area contributed by atoms with Gasteiger partial charge in [-0.2, -0.15) is 8.42 Å². The molecule has 31 heavy (non-hydrogen) atoms. The van der Waals surface area contributed by atoms with Crippen LogP contribution in [0.25, 0.3) is 0 Å². The molecule has 0 unspecified atom stereocenters. The van der Waals surface area contributed by atoms with Gasteiger partial charge in [0.2, 0.25) is 0 Å². The number of ether oxygens (including phenoxy) is 1. The van der Waals surface area contributed by atoms with Crippen molar-refractivity contribution in [1.29, 1.82) is 0 Å². The van der Waals surface area contributed by atoms with Crippen LogP contribution in [0.3, 0.4) is 0 Å². The van der Waals surface area contributed by atoms with E-state index in [1.165, 1.54) is 69.6 Å². The summed E-state index contributed by atoms with van der Waals surface area (Å²) in [7, 11) is -4.35. The molecule has 0 aliphatic carbocycles. The van der Waals surface area contributed by atoms with Crippen molar-refractivity contribution >= 4 is 10.1 Å². The van der Waals surface area contributed by atoms with Crippen LogP contribution in [0.1, 0.15) is 83.1 Å². The molecular formula is C25H36O5S. The van der Waals surface area contributed by atoms with Crippen molar-refractivity contribution in [3.05, 3.63) is 48.0 Å². The van der Waals surface area contributed by atoms with Gasteiger partial charge in [-0.05, 0) is 37.1 Å². The third kappa shape index (κ3) is 9.32. The molecule has 0 bridgehead atoms. The van der Waals surface area contributed by atoms with Crippen LogP contribution in [0.5, 0.6) is 17.2 Å². The van der Waals surface area contributed by atoms with Gasteiger partial charge in [-0.15, -0.1) is 0 Å². The molecular weight excluding hydrogens is 412 g/mol. The first-order valence-corrected chi connectivity index (χ1v) is 12.9. The fourth-order valence-corrected chi connectivity index (χ4v) is 4.53. The number of hydrogen-bond acceptors (Lipinski definition) is 4. The number of hydrogen-bond donors (Lipinski definition) is 2. The van der Waals surface area contributed by atoms with E-state index < -0.39 is 10.1 Å². The summed E-state index contributed by atoms with van der Waals surface area (Å²) in [6.45, 7) is 2.23. The average Bonchev–Trinajstić information content (AvgIpc) is 2.72. The summed E-state index contributed by atoms with van der Waals surface area (Å²) in [6.07, 6.45) is 13.8. The smallest absolute Gasteiger partial charge is 0.294 e. The Morgan fingerprint density at radius 2 is 1.39 bits per heavy atom. The van der Waals surface area contributed by atoms with Crippen LogP contribution in [0, 0.1) is 0 Å². The van der Waals surface area contributed by atoms with Gasteiger partial charge in [0, 0.05) is 11.6 Å². The number of aromatic hydroxyl groups is 1. The molecule has 0 aliphatic heterocycles. The molecule has 172 valence electrons. The van der Waals surface area contributed by atoms with Crippen LogP contribution in [0.15, 0.2) is 47.4 Å². The zero-order valence-electron chi connectivity index (χ0n) is 18.6. The highest BCUT2D eigenvalue weighted by molar-refractivity contribution is 7.85. The Morgan fingerprint density at radius 1 is 0.806 bits per heavy atom. The Balaban J connectivity index is 1.89. The SMILES string of the molecule is CCCCCCCCCCCCCc1c(Oc2cccc(O)c2)cccc1S(=O)(=O)O. The minimum absolute atomic E-state index is 0.0651. The number of unbranched alkanes of at least 4 members (excludes halogenated alkanes) is 10. The average molecular weight is 449 g/mol. The molecule has 0 radical (unpaired) electrons. The van der Waals surface area contributed by atoms with Crippen molar-refractivity contribution in [1.82, 2.24) is 0 Å². The zero-order valence-corrected chi connectivity index (χ0v) is 19.4. The lowest BCUT2D eigenvalue weighted by atomic mass is 10.0. The van der Waals surface area contributed by atoms with Gasteiger partial charge in [0.25, 0.3) is 10.1 Å².